The van der Waals surface area contributed by atoms with Gasteiger partial charge in [-0.25, -0.2) is 0 Å². The molecule has 0 fully saturated rings. The lowest BCUT2D eigenvalue weighted by atomic mass is 10.3. The molecule has 2 aromatic heterocycles. The SMILES string of the molecule is CCn1cc(NC(=O)c2ccc(Oc3ccccc3)o2)cn1. The maximum Gasteiger partial charge on any atom is 0.291 e. The third kappa shape index (κ3) is 3.17. The Balaban J connectivity index is 1.66. The summed E-state index contributed by atoms with van der Waals surface area (Å²) in [4.78, 5) is 12.1. The van der Waals surface area contributed by atoms with E-state index in [2.05, 4.69) is 10.4 Å². The van der Waals surface area contributed by atoms with Crippen LogP contribution >= 0.6 is 0 Å². The summed E-state index contributed by atoms with van der Waals surface area (Å²) in [7, 11) is 0. The molecule has 2 heterocycles. The van der Waals surface area contributed by atoms with Gasteiger partial charge in [-0.1, -0.05) is 18.2 Å². The summed E-state index contributed by atoms with van der Waals surface area (Å²) in [5.41, 5.74) is 0.619. The molecule has 0 saturated heterocycles. The van der Waals surface area contributed by atoms with Gasteiger partial charge in [-0.2, -0.15) is 5.10 Å². The van der Waals surface area contributed by atoms with Crippen molar-refractivity contribution in [3.05, 3.63) is 60.6 Å². The third-order valence-corrected chi connectivity index (χ3v) is 2.98. The number of para-hydroxylation sites is 1. The van der Waals surface area contributed by atoms with Crippen molar-refractivity contribution >= 4 is 11.6 Å². The number of anilines is 1. The van der Waals surface area contributed by atoms with Crippen molar-refractivity contribution in [2.24, 2.45) is 0 Å². The van der Waals surface area contributed by atoms with Crippen LogP contribution in [0.3, 0.4) is 0 Å². The zero-order valence-corrected chi connectivity index (χ0v) is 12.0. The molecular weight excluding hydrogens is 282 g/mol. The summed E-state index contributed by atoms with van der Waals surface area (Å²) in [5.74, 6) is 0.738. The van der Waals surface area contributed by atoms with Gasteiger partial charge in [-0.05, 0) is 25.1 Å². The van der Waals surface area contributed by atoms with Crippen molar-refractivity contribution in [3.63, 3.8) is 0 Å². The lowest BCUT2D eigenvalue weighted by Crippen LogP contribution is -2.10. The molecule has 0 aliphatic carbocycles. The molecule has 112 valence electrons. The molecule has 1 N–H and O–H groups in total. The van der Waals surface area contributed by atoms with Crippen LogP contribution in [0.25, 0.3) is 0 Å². The Morgan fingerprint density at radius 1 is 1.27 bits per heavy atom. The number of nitrogens with one attached hydrogen (secondary N) is 1. The van der Waals surface area contributed by atoms with E-state index in [9.17, 15) is 4.79 Å². The highest BCUT2D eigenvalue weighted by Gasteiger charge is 2.13. The normalized spacial score (nSPS) is 10.4. The second-order valence-corrected chi connectivity index (χ2v) is 4.57. The first-order valence-electron chi connectivity index (χ1n) is 6.91. The topological polar surface area (TPSA) is 69.3 Å². The van der Waals surface area contributed by atoms with Crippen LogP contribution in [0.15, 0.2) is 59.3 Å². The molecule has 0 unspecified atom stereocenters. The molecule has 6 heteroatoms. The van der Waals surface area contributed by atoms with Gasteiger partial charge in [0.1, 0.15) is 5.75 Å². The summed E-state index contributed by atoms with van der Waals surface area (Å²) in [5, 5.41) is 6.81. The molecule has 0 atom stereocenters. The molecule has 0 aliphatic rings. The molecule has 3 rings (SSSR count). The minimum absolute atomic E-state index is 0.176. The van der Waals surface area contributed by atoms with Crippen molar-refractivity contribution in [1.82, 2.24) is 9.78 Å². The zero-order chi connectivity index (χ0) is 15.4. The second-order valence-electron chi connectivity index (χ2n) is 4.57. The van der Waals surface area contributed by atoms with Crippen molar-refractivity contribution in [2.45, 2.75) is 13.5 Å². The molecule has 0 radical (unpaired) electrons. The number of nitrogens with zero attached hydrogens (tertiary/aromatic N) is 2. The summed E-state index contributed by atoms with van der Waals surface area (Å²) in [6, 6.07) is 12.4. The second kappa shape index (κ2) is 6.17. The number of amides is 1. The number of aryl methyl sites for hydroxylation is 1. The van der Waals surface area contributed by atoms with Crippen LogP contribution in [0.5, 0.6) is 11.7 Å². The van der Waals surface area contributed by atoms with E-state index in [-0.39, 0.29) is 17.6 Å². The quantitative estimate of drug-likeness (QED) is 0.782. The predicted octanol–water partition coefficient (Wildman–Crippen LogP) is 3.54. The van der Waals surface area contributed by atoms with Crippen molar-refractivity contribution in [3.8, 4) is 11.7 Å². The highest BCUT2D eigenvalue weighted by Crippen LogP contribution is 2.23. The van der Waals surface area contributed by atoms with Gasteiger partial charge in [0.15, 0.2) is 5.76 Å². The fourth-order valence-corrected chi connectivity index (χ4v) is 1.90. The van der Waals surface area contributed by atoms with E-state index >= 15 is 0 Å². The van der Waals surface area contributed by atoms with E-state index in [4.69, 9.17) is 9.15 Å². The average molecular weight is 297 g/mol. The summed E-state index contributed by atoms with van der Waals surface area (Å²) in [6.07, 6.45) is 3.34. The molecular formula is C16H15N3O3. The van der Waals surface area contributed by atoms with Gasteiger partial charge < -0.3 is 14.5 Å². The van der Waals surface area contributed by atoms with Crippen LogP contribution in [0.4, 0.5) is 5.69 Å². The standard InChI is InChI=1S/C16H15N3O3/c1-2-19-11-12(10-17-19)18-16(20)14-8-9-15(22-14)21-13-6-4-3-5-7-13/h3-11H,2H2,1H3,(H,18,20). The highest BCUT2D eigenvalue weighted by molar-refractivity contribution is 6.02. The number of carbonyl (C=O) groups is 1. The number of furan rings is 1. The Morgan fingerprint density at radius 2 is 2.09 bits per heavy atom. The van der Waals surface area contributed by atoms with Crippen LogP contribution in [0.2, 0.25) is 0 Å². The molecule has 22 heavy (non-hydrogen) atoms. The maximum absolute atomic E-state index is 12.1. The molecule has 0 saturated carbocycles. The molecule has 1 aromatic carbocycles. The van der Waals surface area contributed by atoms with E-state index < -0.39 is 0 Å². The molecule has 0 aliphatic heterocycles. The van der Waals surface area contributed by atoms with Crippen LogP contribution in [-0.4, -0.2) is 15.7 Å². The summed E-state index contributed by atoms with van der Waals surface area (Å²) < 4.78 is 12.6. The van der Waals surface area contributed by atoms with Gasteiger partial charge >= 0.3 is 0 Å². The summed E-state index contributed by atoms with van der Waals surface area (Å²) in [6.45, 7) is 2.71. The zero-order valence-electron chi connectivity index (χ0n) is 12.0. The van der Waals surface area contributed by atoms with Crippen molar-refractivity contribution in [2.75, 3.05) is 5.32 Å². The number of ether oxygens (including phenoxy) is 1. The first-order valence-corrected chi connectivity index (χ1v) is 6.91. The van der Waals surface area contributed by atoms with E-state index in [0.29, 0.717) is 11.4 Å². The van der Waals surface area contributed by atoms with Crippen molar-refractivity contribution in [1.29, 1.82) is 0 Å². The number of carbonyl (C=O) groups excluding carboxylic acids is 1. The largest absolute Gasteiger partial charge is 0.426 e. The molecule has 3 aromatic rings. The number of rotatable bonds is 5. The maximum atomic E-state index is 12.1. The van der Waals surface area contributed by atoms with Gasteiger partial charge in [0.2, 0.25) is 0 Å². The number of hydrogen-bond donors (Lipinski definition) is 1. The first kappa shape index (κ1) is 13.9. The monoisotopic (exact) mass is 297 g/mol. The van der Waals surface area contributed by atoms with E-state index in [1.54, 1.807) is 41.3 Å². The van der Waals surface area contributed by atoms with E-state index in [1.807, 2.05) is 25.1 Å². The van der Waals surface area contributed by atoms with Crippen LogP contribution in [0.1, 0.15) is 17.5 Å². The molecule has 0 bridgehead atoms. The van der Waals surface area contributed by atoms with Gasteiger partial charge in [-0.3, -0.25) is 9.48 Å². The molecule has 1 amide bonds. The summed E-state index contributed by atoms with van der Waals surface area (Å²) >= 11 is 0. The average Bonchev–Trinajstić information content (AvgIpc) is 3.17. The van der Waals surface area contributed by atoms with E-state index in [0.717, 1.165) is 6.54 Å². The first-order chi connectivity index (χ1) is 10.7. The highest BCUT2D eigenvalue weighted by atomic mass is 16.6. The number of aromatic nitrogens is 2. The Hall–Kier alpha value is -3.02. The predicted molar refractivity (Wildman–Crippen MR) is 81.1 cm³/mol. The Kier molecular flexibility index (Phi) is 3.91. The smallest absolute Gasteiger partial charge is 0.291 e. The van der Waals surface area contributed by atoms with Gasteiger partial charge in [-0.15, -0.1) is 0 Å². The minimum atomic E-state index is -0.349. The fourth-order valence-electron chi connectivity index (χ4n) is 1.90. The minimum Gasteiger partial charge on any atom is -0.426 e. The lowest BCUT2D eigenvalue weighted by Gasteiger charge is -2.01. The fraction of sp³-hybridized carbons (Fsp3) is 0.125. The van der Waals surface area contributed by atoms with Crippen LogP contribution in [-0.2, 0) is 6.54 Å². The Labute approximate surface area is 127 Å². The van der Waals surface area contributed by atoms with Crippen LogP contribution in [0, 0.1) is 0 Å². The van der Waals surface area contributed by atoms with Gasteiger partial charge in [0.05, 0.1) is 11.9 Å². The molecule has 0 spiro atoms. The van der Waals surface area contributed by atoms with Gasteiger partial charge in [0.25, 0.3) is 11.9 Å². The van der Waals surface area contributed by atoms with Crippen molar-refractivity contribution < 1.29 is 13.9 Å². The molecule has 6 nitrogen and oxygen atoms in total. The van der Waals surface area contributed by atoms with Crippen LogP contribution < -0.4 is 10.1 Å². The van der Waals surface area contributed by atoms with Gasteiger partial charge in [0, 0.05) is 18.8 Å². The Morgan fingerprint density at radius 3 is 2.82 bits per heavy atom. The third-order valence-electron chi connectivity index (χ3n) is 2.98. The lowest BCUT2D eigenvalue weighted by molar-refractivity contribution is 0.0992. The number of hydrogen-bond acceptors (Lipinski definition) is 4. The number of benzene rings is 1. The Bertz CT molecular complexity index is 762. The van der Waals surface area contributed by atoms with E-state index in [1.165, 1.54) is 0 Å².